The lowest BCUT2D eigenvalue weighted by molar-refractivity contribution is -0.133. The van der Waals surface area contributed by atoms with Crippen molar-refractivity contribution in [3.8, 4) is 0 Å². The highest BCUT2D eigenvalue weighted by molar-refractivity contribution is 6.72. The molecule has 0 rings (SSSR count). The third-order valence-corrected chi connectivity index (χ3v) is 1.87. The summed E-state index contributed by atoms with van der Waals surface area (Å²) in [6, 6.07) is 0. The first-order valence-corrected chi connectivity index (χ1v) is 4.51. The van der Waals surface area contributed by atoms with Gasteiger partial charge in [0.2, 0.25) is 0 Å². The third-order valence-electron chi connectivity index (χ3n) is 1.87. The lowest BCUT2D eigenvalue weighted by Gasteiger charge is -2.06. The molecule has 0 aromatic heterocycles. The summed E-state index contributed by atoms with van der Waals surface area (Å²) in [5.74, 6) is -1.15. The van der Waals surface area contributed by atoms with Gasteiger partial charge in [0.1, 0.15) is 0 Å². The fourth-order valence-electron chi connectivity index (χ4n) is 1.23. The summed E-state index contributed by atoms with van der Waals surface area (Å²) in [5, 5.41) is 8.77. The van der Waals surface area contributed by atoms with Crippen LogP contribution in [0.15, 0.2) is 11.1 Å². The van der Waals surface area contributed by atoms with Gasteiger partial charge in [0, 0.05) is 5.57 Å². The van der Waals surface area contributed by atoms with Gasteiger partial charge in [0.15, 0.2) is 5.68 Å². The molecule has 0 amide bonds. The summed E-state index contributed by atoms with van der Waals surface area (Å²) in [4.78, 5) is 21.8. The first-order valence-electron chi connectivity index (χ1n) is 4.51. The molecule has 1 radical (unpaired) electrons. The van der Waals surface area contributed by atoms with Crippen LogP contribution in [-0.4, -0.2) is 24.3 Å². The number of halogens is 1. The maximum absolute atomic E-state index is 12.0. The van der Waals surface area contributed by atoms with Gasteiger partial charge in [-0.3, -0.25) is 0 Å². The van der Waals surface area contributed by atoms with Crippen molar-refractivity contribution in [3.63, 3.8) is 0 Å². The van der Waals surface area contributed by atoms with Crippen molar-refractivity contribution >= 4 is 19.2 Å². The predicted molar refractivity (Wildman–Crippen MR) is 51.7 cm³/mol. The van der Waals surface area contributed by atoms with E-state index in [2.05, 4.69) is 0 Å². The molecule has 1 N–H and O–H groups in total. The van der Waals surface area contributed by atoms with E-state index >= 15 is 0 Å². The van der Waals surface area contributed by atoms with E-state index in [9.17, 15) is 13.9 Å². The Balaban J connectivity index is 5.08. The summed E-state index contributed by atoms with van der Waals surface area (Å²) < 4.78 is 12.0. The van der Waals surface area contributed by atoms with Gasteiger partial charge < -0.3 is 14.2 Å². The molecule has 0 saturated carbocycles. The zero-order chi connectivity index (χ0) is 11.1. The second kappa shape index (κ2) is 6.35. The van der Waals surface area contributed by atoms with Crippen LogP contribution in [0.5, 0.6) is 0 Å². The zero-order valence-corrected chi connectivity index (χ0v) is 8.34. The Morgan fingerprint density at radius 1 is 1.29 bits per heavy atom. The van der Waals surface area contributed by atoms with Gasteiger partial charge in [-0.2, -0.15) is 0 Å². The molecule has 0 aromatic rings. The lowest BCUT2D eigenvalue weighted by atomic mass is 9.84. The van der Waals surface area contributed by atoms with Crippen molar-refractivity contribution < 1.29 is 19.0 Å². The van der Waals surface area contributed by atoms with E-state index in [0.717, 1.165) is 0 Å². The quantitative estimate of drug-likeness (QED) is 0.523. The van der Waals surface area contributed by atoms with Crippen molar-refractivity contribution in [1.82, 2.24) is 0 Å². The molecule has 0 aliphatic heterocycles. The van der Waals surface area contributed by atoms with E-state index in [-0.39, 0.29) is 25.1 Å². The molecule has 0 saturated heterocycles. The molecule has 3 nitrogen and oxygen atoms in total. The average Bonchev–Trinajstić information content (AvgIpc) is 2.16. The van der Waals surface area contributed by atoms with Crippen LogP contribution in [0.4, 0.5) is 4.32 Å². The molecule has 0 fully saturated rings. The molecule has 77 valence electrons. The van der Waals surface area contributed by atoms with Crippen LogP contribution in [0.3, 0.4) is 0 Å². The number of aliphatic carboxylic acids is 1. The highest BCUT2D eigenvalue weighted by Crippen LogP contribution is 2.15. The van der Waals surface area contributed by atoms with Gasteiger partial charge in [-0.15, -0.1) is 0 Å². The summed E-state index contributed by atoms with van der Waals surface area (Å²) in [5.41, 5.74) is -0.748. The Labute approximate surface area is 83.3 Å². The number of carboxylic acid groups (broad SMARTS) is 1. The predicted octanol–water partition coefficient (Wildman–Crippen LogP) is 1.69. The molecule has 0 heterocycles. The molecule has 0 aliphatic carbocycles. The topological polar surface area (TPSA) is 54.4 Å². The molecule has 0 aromatic carbocycles. The molecule has 0 atom stereocenters. The fourth-order valence-corrected chi connectivity index (χ4v) is 1.23. The number of hydrogen-bond donors (Lipinski definition) is 1. The van der Waals surface area contributed by atoms with Gasteiger partial charge >= 0.3 is 13.5 Å². The minimum Gasteiger partial charge on any atom is -0.478 e. The van der Waals surface area contributed by atoms with Crippen LogP contribution in [0, 0.1) is 0 Å². The monoisotopic (exact) mass is 199 g/mol. The second-order valence-electron chi connectivity index (χ2n) is 2.84. The number of carboxylic acids is 1. The minimum absolute atomic E-state index is 0.00532. The number of rotatable bonds is 6. The highest BCUT2D eigenvalue weighted by Gasteiger charge is 2.19. The first kappa shape index (κ1) is 12.9. The third kappa shape index (κ3) is 3.32. The van der Waals surface area contributed by atoms with E-state index in [1.165, 1.54) is 0 Å². The van der Waals surface area contributed by atoms with Crippen molar-refractivity contribution in [2.75, 3.05) is 0 Å². The summed E-state index contributed by atoms with van der Waals surface area (Å²) >= 11 is 0. The Morgan fingerprint density at radius 3 is 2.14 bits per heavy atom. The normalized spacial score (nSPS) is 11.9. The van der Waals surface area contributed by atoms with Gasteiger partial charge in [0.25, 0.3) is 0 Å². The smallest absolute Gasteiger partial charge is 0.440 e. The van der Waals surface area contributed by atoms with Crippen molar-refractivity contribution in [2.45, 2.75) is 33.1 Å². The molecular formula is C9H13BFO3. The van der Waals surface area contributed by atoms with Crippen LogP contribution < -0.4 is 0 Å². The van der Waals surface area contributed by atoms with E-state index in [1.54, 1.807) is 13.8 Å². The van der Waals surface area contributed by atoms with E-state index in [4.69, 9.17) is 5.11 Å². The number of allylic oxidation sites excluding steroid dienone is 1. The van der Waals surface area contributed by atoms with E-state index in [0.29, 0.717) is 12.8 Å². The molecule has 5 heteroatoms. The largest absolute Gasteiger partial charge is 0.478 e. The summed E-state index contributed by atoms with van der Waals surface area (Å²) in [6.07, 6.45) is 1.14. The minimum atomic E-state index is -1.15. The first-order chi connectivity index (χ1) is 6.58. The molecule has 0 bridgehead atoms. The van der Waals surface area contributed by atoms with Crippen molar-refractivity contribution in [1.29, 1.82) is 0 Å². The van der Waals surface area contributed by atoms with Crippen LogP contribution >= 0.6 is 0 Å². The molecule has 0 unspecified atom stereocenters. The number of hydrogen-bond acceptors (Lipinski definition) is 2. The number of carbonyl (C=O) groups is 2. The zero-order valence-electron chi connectivity index (χ0n) is 8.34. The van der Waals surface area contributed by atoms with Crippen molar-refractivity contribution in [3.05, 3.63) is 11.1 Å². The van der Waals surface area contributed by atoms with Crippen LogP contribution in [-0.2, 0) is 9.59 Å². The summed E-state index contributed by atoms with van der Waals surface area (Å²) in [7, 11) is -0.0798. The highest BCUT2D eigenvalue weighted by atomic mass is 19.1. The number of carbonyl (C=O) groups excluding carboxylic acids is 1. The van der Waals surface area contributed by atoms with Gasteiger partial charge in [0.05, 0.1) is 0 Å². The van der Waals surface area contributed by atoms with Crippen LogP contribution in [0.25, 0.3) is 0 Å². The van der Waals surface area contributed by atoms with Crippen LogP contribution in [0.2, 0.25) is 0 Å². The maximum atomic E-state index is 12.0. The Hall–Kier alpha value is -1.13. The fraction of sp³-hybridized carbons (Fsp3) is 0.556. The molecular weight excluding hydrogens is 186 g/mol. The Kier molecular flexibility index (Phi) is 5.84. The molecule has 14 heavy (non-hydrogen) atoms. The van der Waals surface area contributed by atoms with E-state index < -0.39 is 11.7 Å². The molecule has 0 spiro atoms. The van der Waals surface area contributed by atoms with Crippen LogP contribution in [0.1, 0.15) is 33.1 Å². The van der Waals surface area contributed by atoms with E-state index in [1.807, 2.05) is 0 Å². The summed E-state index contributed by atoms with van der Waals surface area (Å²) in [6.45, 7) is 3.44. The Morgan fingerprint density at radius 2 is 1.86 bits per heavy atom. The maximum Gasteiger partial charge on any atom is 0.440 e. The Bertz CT molecular complexity index is 261. The molecule has 0 aliphatic rings. The second-order valence-corrected chi connectivity index (χ2v) is 2.84. The van der Waals surface area contributed by atoms with Gasteiger partial charge in [-0.1, -0.05) is 20.3 Å². The SMILES string of the molecule is CCC/C(C(=O)[B]F)=C(\CC)C(=O)O. The lowest BCUT2D eigenvalue weighted by Crippen LogP contribution is -2.14. The standard InChI is InChI=1S/C9H13BFO3/c1-3-5-7(8(12)10-11)6(4-2)9(13)14/h3-5H2,1-2H3,(H,13,14)/b7-6-. The van der Waals surface area contributed by atoms with Gasteiger partial charge in [-0.05, 0) is 18.4 Å². The van der Waals surface area contributed by atoms with Gasteiger partial charge in [-0.25, -0.2) is 4.79 Å². The average molecular weight is 199 g/mol. The van der Waals surface area contributed by atoms with Crippen molar-refractivity contribution in [2.24, 2.45) is 0 Å².